The lowest BCUT2D eigenvalue weighted by Gasteiger charge is -2.44. The van der Waals surface area contributed by atoms with Gasteiger partial charge in [0.15, 0.2) is 0 Å². The van der Waals surface area contributed by atoms with Crippen LogP contribution in [0.1, 0.15) is 18.4 Å². The van der Waals surface area contributed by atoms with Gasteiger partial charge in [-0.1, -0.05) is 23.8 Å². The van der Waals surface area contributed by atoms with Crippen LogP contribution < -0.4 is 4.74 Å². The largest absolute Gasteiger partial charge is 0.487 e. The summed E-state index contributed by atoms with van der Waals surface area (Å²) in [4.78, 5) is 12.0. The number of pyridine rings is 2. The van der Waals surface area contributed by atoms with Crippen LogP contribution in [0.5, 0.6) is 5.75 Å². The number of ether oxygens (including phenoxy) is 1. The van der Waals surface area contributed by atoms with E-state index in [-0.39, 0.29) is 6.10 Å². The first-order valence-corrected chi connectivity index (χ1v) is 10.2. The van der Waals surface area contributed by atoms with Gasteiger partial charge in [-0.2, -0.15) is 0 Å². The maximum Gasteiger partial charge on any atom is 0.146 e. The van der Waals surface area contributed by atoms with Gasteiger partial charge in [0, 0.05) is 30.1 Å². The molecule has 0 N–H and O–H groups in total. The van der Waals surface area contributed by atoms with Crippen LogP contribution >= 0.6 is 0 Å². The van der Waals surface area contributed by atoms with E-state index >= 15 is 0 Å². The van der Waals surface area contributed by atoms with Crippen molar-refractivity contribution in [1.82, 2.24) is 14.9 Å². The number of nitrogens with zero attached hydrogens (tertiary/aromatic N) is 3. The second-order valence-corrected chi connectivity index (χ2v) is 8.28. The van der Waals surface area contributed by atoms with Gasteiger partial charge in [-0.3, -0.25) is 14.9 Å². The number of piperidine rings is 3. The van der Waals surface area contributed by atoms with Crippen LogP contribution in [0.4, 0.5) is 0 Å². The van der Waals surface area contributed by atoms with E-state index in [4.69, 9.17) is 14.7 Å². The standard InChI is InChI=1S/C24H23N3O/c1-15-4-5-18-19(13-15)17-6-10-26-23(18)22(17)24-20(3-2-9-25-24)28-21-14-27-11-7-16(21)8-12-27/h2-6,9-10,13,16,21H,7-8,11-12,14H2,1H3/t21-/m0/s1. The molecule has 0 spiro atoms. The highest BCUT2D eigenvalue weighted by Crippen LogP contribution is 2.50. The van der Waals surface area contributed by atoms with E-state index in [1.165, 1.54) is 48.2 Å². The van der Waals surface area contributed by atoms with E-state index in [2.05, 4.69) is 42.2 Å². The van der Waals surface area contributed by atoms with Crippen molar-refractivity contribution in [3.05, 3.63) is 54.4 Å². The van der Waals surface area contributed by atoms with E-state index in [0.717, 1.165) is 29.2 Å². The molecule has 2 aromatic heterocycles. The van der Waals surface area contributed by atoms with Gasteiger partial charge in [0.2, 0.25) is 0 Å². The molecule has 3 aromatic rings. The highest BCUT2D eigenvalue weighted by atomic mass is 16.5. The Morgan fingerprint density at radius 3 is 2.61 bits per heavy atom. The molecule has 4 aliphatic rings. The minimum absolute atomic E-state index is 0.263. The molecule has 0 radical (unpaired) electrons. The summed E-state index contributed by atoms with van der Waals surface area (Å²) in [5.41, 5.74) is 7.97. The van der Waals surface area contributed by atoms with E-state index in [9.17, 15) is 0 Å². The summed E-state index contributed by atoms with van der Waals surface area (Å²) < 4.78 is 6.60. The summed E-state index contributed by atoms with van der Waals surface area (Å²) in [5.74, 6) is 1.55. The number of hydrogen-bond donors (Lipinski definition) is 0. The Hall–Kier alpha value is -2.72. The summed E-state index contributed by atoms with van der Waals surface area (Å²) in [6.07, 6.45) is 6.52. The van der Waals surface area contributed by atoms with E-state index in [0.29, 0.717) is 5.92 Å². The number of fused-ring (bicyclic) bond motifs is 8. The molecule has 4 bridgehead atoms. The van der Waals surface area contributed by atoms with Crippen molar-refractivity contribution in [2.45, 2.75) is 25.9 Å². The van der Waals surface area contributed by atoms with Crippen LogP contribution in [0.2, 0.25) is 0 Å². The molecule has 1 atom stereocenters. The minimum Gasteiger partial charge on any atom is -0.487 e. The molecular weight excluding hydrogens is 346 g/mol. The summed E-state index contributed by atoms with van der Waals surface area (Å²) in [6.45, 7) is 5.61. The first-order chi connectivity index (χ1) is 13.8. The number of aromatic nitrogens is 2. The van der Waals surface area contributed by atoms with Crippen molar-refractivity contribution in [1.29, 1.82) is 0 Å². The SMILES string of the molecule is Cc1ccc2c(c1)-c1ccnc-2c1-c1ncccc1O[C@H]1CN2CCC1CC2. The molecule has 28 heavy (non-hydrogen) atoms. The fourth-order valence-corrected chi connectivity index (χ4v) is 5.10. The topological polar surface area (TPSA) is 38.3 Å². The molecule has 5 heterocycles. The van der Waals surface area contributed by atoms with Crippen molar-refractivity contribution in [3.63, 3.8) is 0 Å². The van der Waals surface area contributed by atoms with Gasteiger partial charge in [-0.15, -0.1) is 0 Å². The molecule has 1 aromatic carbocycles. The Bertz CT molecular complexity index is 1070. The minimum atomic E-state index is 0.263. The zero-order chi connectivity index (χ0) is 18.7. The average molecular weight is 369 g/mol. The molecular formula is C24H23N3O. The Balaban J connectivity index is 1.44. The first kappa shape index (κ1) is 16.3. The summed E-state index contributed by atoms with van der Waals surface area (Å²) in [7, 11) is 0. The van der Waals surface area contributed by atoms with Crippen LogP contribution in [0.3, 0.4) is 0 Å². The number of rotatable bonds is 3. The van der Waals surface area contributed by atoms with Gasteiger partial charge < -0.3 is 4.74 Å². The van der Waals surface area contributed by atoms with Crippen molar-refractivity contribution >= 4 is 0 Å². The van der Waals surface area contributed by atoms with Gasteiger partial charge in [-0.25, -0.2) is 0 Å². The third-order valence-electron chi connectivity index (χ3n) is 6.55. The fourth-order valence-electron chi connectivity index (χ4n) is 5.10. The Kier molecular flexibility index (Phi) is 3.57. The first-order valence-electron chi connectivity index (χ1n) is 10.2. The lowest BCUT2D eigenvalue weighted by atomic mass is 9.86. The van der Waals surface area contributed by atoms with Crippen LogP contribution in [0.25, 0.3) is 33.6 Å². The van der Waals surface area contributed by atoms with Crippen molar-refractivity contribution in [2.75, 3.05) is 19.6 Å². The second-order valence-electron chi connectivity index (χ2n) is 8.28. The Morgan fingerprint density at radius 2 is 1.79 bits per heavy atom. The number of aryl methyl sites for hydroxylation is 1. The third kappa shape index (κ3) is 2.41. The zero-order valence-electron chi connectivity index (χ0n) is 16.1. The van der Waals surface area contributed by atoms with Crippen LogP contribution in [0, 0.1) is 12.8 Å². The molecule has 4 nitrogen and oxygen atoms in total. The Morgan fingerprint density at radius 1 is 0.929 bits per heavy atom. The summed E-state index contributed by atoms with van der Waals surface area (Å²) >= 11 is 0. The molecule has 140 valence electrons. The molecule has 3 fully saturated rings. The maximum atomic E-state index is 6.60. The van der Waals surface area contributed by atoms with Crippen molar-refractivity contribution < 1.29 is 4.74 Å². The van der Waals surface area contributed by atoms with Gasteiger partial charge in [-0.05, 0) is 68.1 Å². The molecule has 7 rings (SSSR count). The normalized spacial score (nSPS) is 24.2. The molecule has 0 saturated carbocycles. The molecule has 0 amide bonds. The molecule has 3 aliphatic heterocycles. The number of benzene rings is 1. The van der Waals surface area contributed by atoms with Crippen molar-refractivity contribution in [3.8, 4) is 39.4 Å². The highest BCUT2D eigenvalue weighted by molar-refractivity contribution is 6.04. The van der Waals surface area contributed by atoms with Gasteiger partial charge in [0.05, 0.1) is 5.69 Å². The smallest absolute Gasteiger partial charge is 0.146 e. The summed E-state index contributed by atoms with van der Waals surface area (Å²) in [5, 5.41) is 0. The van der Waals surface area contributed by atoms with Crippen LogP contribution in [-0.2, 0) is 0 Å². The maximum absolute atomic E-state index is 6.60. The number of hydrogen-bond acceptors (Lipinski definition) is 4. The van der Waals surface area contributed by atoms with Crippen molar-refractivity contribution in [2.24, 2.45) is 5.92 Å². The van der Waals surface area contributed by atoms with E-state index in [1.54, 1.807) is 0 Å². The van der Waals surface area contributed by atoms with E-state index in [1.807, 2.05) is 18.5 Å². The lowest BCUT2D eigenvalue weighted by Crippen LogP contribution is -2.52. The Labute approximate surface area is 165 Å². The van der Waals surface area contributed by atoms with Gasteiger partial charge in [0.1, 0.15) is 17.5 Å². The quantitative estimate of drug-likeness (QED) is 0.530. The molecule has 1 aliphatic carbocycles. The van der Waals surface area contributed by atoms with Crippen LogP contribution in [-0.4, -0.2) is 40.6 Å². The zero-order valence-corrected chi connectivity index (χ0v) is 16.1. The third-order valence-corrected chi connectivity index (χ3v) is 6.55. The van der Waals surface area contributed by atoms with Gasteiger partial charge in [0.25, 0.3) is 0 Å². The van der Waals surface area contributed by atoms with Crippen LogP contribution in [0.15, 0.2) is 48.8 Å². The monoisotopic (exact) mass is 369 g/mol. The van der Waals surface area contributed by atoms with Gasteiger partial charge >= 0.3 is 0 Å². The second kappa shape index (κ2) is 6.14. The lowest BCUT2D eigenvalue weighted by molar-refractivity contribution is -0.00761. The average Bonchev–Trinajstić information content (AvgIpc) is 2.91. The molecule has 3 saturated heterocycles. The summed E-state index contributed by atoms with van der Waals surface area (Å²) in [6, 6.07) is 12.7. The van der Waals surface area contributed by atoms with E-state index < -0.39 is 0 Å². The molecule has 0 unspecified atom stereocenters. The highest BCUT2D eigenvalue weighted by Gasteiger charge is 2.36. The predicted octanol–water partition coefficient (Wildman–Crippen LogP) is 4.57. The molecule has 4 heteroatoms. The predicted molar refractivity (Wildman–Crippen MR) is 110 cm³/mol. The fraction of sp³-hybridized carbons (Fsp3) is 0.333.